The molecule has 2 aromatic rings. The zero-order valence-corrected chi connectivity index (χ0v) is 13.3. The predicted octanol–water partition coefficient (Wildman–Crippen LogP) is 3.40. The molecule has 0 radical (unpaired) electrons. The van der Waals surface area contributed by atoms with Crippen molar-refractivity contribution in [1.29, 1.82) is 0 Å². The molecular weight excluding hydrogens is 321 g/mol. The number of nitrogens with two attached hydrogens (primary N) is 1. The smallest absolute Gasteiger partial charge is 0.123 e. The Morgan fingerprint density at radius 1 is 1.45 bits per heavy atom. The fourth-order valence-corrected chi connectivity index (χ4v) is 2.84. The van der Waals surface area contributed by atoms with E-state index in [0.29, 0.717) is 6.54 Å². The highest BCUT2D eigenvalue weighted by atomic mass is 79.9. The summed E-state index contributed by atoms with van der Waals surface area (Å²) in [4.78, 5) is 0. The molecule has 1 aromatic heterocycles. The largest absolute Gasteiger partial charge is 0.330 e. The van der Waals surface area contributed by atoms with Crippen molar-refractivity contribution in [3.8, 4) is 0 Å². The minimum Gasteiger partial charge on any atom is -0.330 e. The number of aromatic nitrogens is 2. The second-order valence-corrected chi connectivity index (χ2v) is 5.65. The topological polar surface area (TPSA) is 43.8 Å². The van der Waals surface area contributed by atoms with Crippen LogP contribution in [0.25, 0.3) is 0 Å². The highest BCUT2D eigenvalue weighted by molar-refractivity contribution is 9.10. The molecule has 0 fully saturated rings. The average molecular weight is 340 g/mol. The highest BCUT2D eigenvalue weighted by Gasteiger charge is 2.18. The van der Waals surface area contributed by atoms with Crippen LogP contribution >= 0.6 is 15.9 Å². The lowest BCUT2D eigenvalue weighted by molar-refractivity contribution is 0.577. The molecule has 0 spiro atoms. The van der Waals surface area contributed by atoms with Gasteiger partial charge in [0.2, 0.25) is 0 Å². The van der Waals surface area contributed by atoms with Gasteiger partial charge in [-0.2, -0.15) is 5.10 Å². The Morgan fingerprint density at radius 3 is 2.80 bits per heavy atom. The first-order chi connectivity index (χ1) is 9.56. The van der Waals surface area contributed by atoms with Crippen LogP contribution in [0.15, 0.2) is 28.7 Å². The van der Waals surface area contributed by atoms with Crippen LogP contribution in [0.4, 0.5) is 4.39 Å². The molecule has 0 aliphatic heterocycles. The summed E-state index contributed by atoms with van der Waals surface area (Å²) in [6, 6.07) is 6.66. The van der Waals surface area contributed by atoms with Gasteiger partial charge in [-0.1, -0.05) is 12.1 Å². The minimum absolute atomic E-state index is 0.0865. The zero-order chi connectivity index (χ0) is 14.7. The van der Waals surface area contributed by atoms with Crippen LogP contribution in [0.2, 0.25) is 0 Å². The molecule has 1 atom stereocenters. The lowest BCUT2D eigenvalue weighted by Gasteiger charge is -2.16. The quantitative estimate of drug-likeness (QED) is 0.907. The third kappa shape index (κ3) is 3.10. The Kier molecular flexibility index (Phi) is 4.94. The van der Waals surface area contributed by atoms with Crippen molar-refractivity contribution >= 4 is 15.9 Å². The molecule has 3 nitrogen and oxygen atoms in total. The Balaban J connectivity index is 2.31. The second-order valence-electron chi connectivity index (χ2n) is 4.85. The van der Waals surface area contributed by atoms with Gasteiger partial charge in [0, 0.05) is 12.5 Å². The first-order valence-electron chi connectivity index (χ1n) is 6.74. The fraction of sp³-hybridized carbons (Fsp3) is 0.400. The maximum atomic E-state index is 13.4. The van der Waals surface area contributed by atoms with Gasteiger partial charge < -0.3 is 5.73 Å². The van der Waals surface area contributed by atoms with Crippen molar-refractivity contribution < 1.29 is 4.39 Å². The summed E-state index contributed by atoms with van der Waals surface area (Å²) < 4.78 is 16.4. The number of hydrogen-bond acceptors (Lipinski definition) is 2. The van der Waals surface area contributed by atoms with Crippen molar-refractivity contribution in [3.05, 3.63) is 51.5 Å². The molecule has 5 heteroatoms. The van der Waals surface area contributed by atoms with Gasteiger partial charge >= 0.3 is 0 Å². The lowest BCUT2D eigenvalue weighted by Crippen LogP contribution is -2.17. The van der Waals surface area contributed by atoms with Crippen molar-refractivity contribution in [1.82, 2.24) is 9.78 Å². The summed E-state index contributed by atoms with van der Waals surface area (Å²) in [7, 11) is 0. The minimum atomic E-state index is -0.222. The summed E-state index contributed by atoms with van der Waals surface area (Å²) in [6.45, 7) is 5.31. The number of benzene rings is 1. The van der Waals surface area contributed by atoms with Gasteiger partial charge in [0.05, 0.1) is 15.9 Å². The number of rotatable bonds is 5. The van der Waals surface area contributed by atoms with E-state index >= 15 is 0 Å². The molecule has 0 bridgehead atoms. The van der Waals surface area contributed by atoms with Crippen LogP contribution in [-0.2, 0) is 13.0 Å². The van der Waals surface area contributed by atoms with E-state index < -0.39 is 0 Å². The van der Waals surface area contributed by atoms with Crippen molar-refractivity contribution in [3.63, 3.8) is 0 Å². The average Bonchev–Trinajstić information content (AvgIpc) is 2.71. The molecule has 1 aromatic carbocycles. The summed E-state index contributed by atoms with van der Waals surface area (Å²) in [5.41, 5.74) is 8.90. The van der Waals surface area contributed by atoms with E-state index in [1.165, 1.54) is 6.07 Å². The molecule has 0 aliphatic carbocycles. The normalized spacial score (nSPS) is 12.7. The van der Waals surface area contributed by atoms with E-state index in [9.17, 15) is 4.39 Å². The molecule has 20 heavy (non-hydrogen) atoms. The van der Waals surface area contributed by atoms with Crippen LogP contribution in [0.1, 0.15) is 29.8 Å². The van der Waals surface area contributed by atoms with Gasteiger partial charge in [-0.25, -0.2) is 4.39 Å². The third-order valence-electron chi connectivity index (χ3n) is 3.50. The van der Waals surface area contributed by atoms with Gasteiger partial charge in [0.15, 0.2) is 0 Å². The molecule has 0 aliphatic rings. The van der Waals surface area contributed by atoms with Crippen LogP contribution < -0.4 is 5.73 Å². The van der Waals surface area contributed by atoms with Gasteiger partial charge in [0.1, 0.15) is 5.82 Å². The lowest BCUT2D eigenvalue weighted by atomic mass is 9.94. The summed E-state index contributed by atoms with van der Waals surface area (Å²) in [6.07, 6.45) is 0.745. The van der Waals surface area contributed by atoms with E-state index in [2.05, 4.69) is 28.0 Å². The van der Waals surface area contributed by atoms with Crippen LogP contribution in [0.3, 0.4) is 0 Å². The second kappa shape index (κ2) is 6.50. The van der Waals surface area contributed by atoms with Crippen LogP contribution in [0, 0.1) is 12.7 Å². The Bertz CT molecular complexity index is 595. The van der Waals surface area contributed by atoms with Gasteiger partial charge in [-0.15, -0.1) is 0 Å². The van der Waals surface area contributed by atoms with Crippen molar-refractivity contribution in [2.24, 2.45) is 5.73 Å². The van der Waals surface area contributed by atoms with Gasteiger partial charge in [-0.05, 0) is 60.4 Å². The zero-order valence-electron chi connectivity index (χ0n) is 11.7. The summed E-state index contributed by atoms with van der Waals surface area (Å²) in [5, 5.41) is 4.48. The molecule has 2 N–H and O–H groups in total. The SMILES string of the molecule is CCn1nc(C)c(Br)c1CC(CN)c1cccc(F)c1. The van der Waals surface area contributed by atoms with E-state index in [-0.39, 0.29) is 11.7 Å². The maximum Gasteiger partial charge on any atom is 0.123 e. The Hall–Kier alpha value is -1.20. The van der Waals surface area contributed by atoms with E-state index in [1.807, 2.05) is 17.7 Å². The van der Waals surface area contributed by atoms with Crippen LogP contribution in [0.5, 0.6) is 0 Å². The van der Waals surface area contributed by atoms with Crippen molar-refractivity contribution in [2.45, 2.75) is 32.7 Å². The summed E-state index contributed by atoms with van der Waals surface area (Å²) in [5.74, 6) is -0.136. The molecule has 1 heterocycles. The first-order valence-corrected chi connectivity index (χ1v) is 7.53. The molecule has 0 saturated carbocycles. The third-order valence-corrected chi connectivity index (χ3v) is 4.53. The van der Waals surface area contributed by atoms with E-state index in [0.717, 1.165) is 34.4 Å². The first kappa shape index (κ1) is 15.2. The standard InChI is InChI=1S/C15H19BrFN3/c1-3-20-14(15(16)10(2)19-20)8-12(9-18)11-5-4-6-13(17)7-11/h4-7,12H,3,8-9,18H2,1-2H3. The number of halogens is 2. The number of hydrogen-bond donors (Lipinski definition) is 1. The monoisotopic (exact) mass is 339 g/mol. The van der Waals surface area contributed by atoms with E-state index in [1.54, 1.807) is 12.1 Å². The van der Waals surface area contributed by atoms with Crippen molar-refractivity contribution in [2.75, 3.05) is 6.54 Å². The number of aryl methyl sites for hydroxylation is 2. The molecular formula is C15H19BrFN3. The Morgan fingerprint density at radius 2 is 2.20 bits per heavy atom. The summed E-state index contributed by atoms with van der Waals surface area (Å²) >= 11 is 3.59. The molecule has 1 unspecified atom stereocenters. The fourth-order valence-electron chi connectivity index (χ4n) is 2.40. The Labute approximate surface area is 127 Å². The van der Waals surface area contributed by atoms with E-state index in [4.69, 9.17) is 5.73 Å². The highest BCUT2D eigenvalue weighted by Crippen LogP contribution is 2.27. The molecule has 108 valence electrons. The van der Waals surface area contributed by atoms with Gasteiger partial charge in [-0.3, -0.25) is 4.68 Å². The molecule has 0 saturated heterocycles. The predicted molar refractivity (Wildman–Crippen MR) is 82.2 cm³/mol. The maximum absolute atomic E-state index is 13.4. The molecule has 0 amide bonds. The molecule has 2 rings (SSSR count). The van der Waals surface area contributed by atoms with Crippen LogP contribution in [-0.4, -0.2) is 16.3 Å². The van der Waals surface area contributed by atoms with Gasteiger partial charge in [0.25, 0.3) is 0 Å². The number of nitrogens with zero attached hydrogens (tertiary/aromatic N) is 2.